The van der Waals surface area contributed by atoms with Gasteiger partial charge in [-0.3, -0.25) is 4.79 Å². The Bertz CT molecular complexity index is 343. The highest BCUT2D eigenvalue weighted by Crippen LogP contribution is 2.07. The predicted octanol–water partition coefficient (Wildman–Crippen LogP) is 2.10. The second-order valence-electron chi connectivity index (χ2n) is 3.67. The normalized spacial score (nSPS) is 9.81. The van der Waals surface area contributed by atoms with E-state index in [1.54, 1.807) is 0 Å². The molecule has 16 heavy (non-hydrogen) atoms. The van der Waals surface area contributed by atoms with E-state index in [9.17, 15) is 4.79 Å². The standard InChI is InChI=1S/C13H18N2O/c1-3-4-9-14-10-13(16)15-12-7-5-11(2)6-8-12/h3,5-8,14H,1,4,9-10H2,2H3,(H,15,16). The van der Waals surface area contributed by atoms with Gasteiger partial charge in [0.15, 0.2) is 0 Å². The van der Waals surface area contributed by atoms with Gasteiger partial charge in [0.1, 0.15) is 0 Å². The van der Waals surface area contributed by atoms with Crippen molar-refractivity contribution in [2.45, 2.75) is 13.3 Å². The van der Waals surface area contributed by atoms with Crippen LogP contribution in [-0.2, 0) is 4.79 Å². The van der Waals surface area contributed by atoms with Gasteiger partial charge in [0, 0.05) is 5.69 Å². The highest BCUT2D eigenvalue weighted by Gasteiger charge is 2.00. The van der Waals surface area contributed by atoms with Crippen LogP contribution in [0.3, 0.4) is 0 Å². The molecule has 0 aromatic heterocycles. The Morgan fingerprint density at radius 1 is 1.38 bits per heavy atom. The minimum atomic E-state index is -0.0204. The highest BCUT2D eigenvalue weighted by atomic mass is 16.1. The Labute approximate surface area is 96.6 Å². The molecule has 3 heteroatoms. The lowest BCUT2D eigenvalue weighted by Gasteiger charge is -2.06. The van der Waals surface area contributed by atoms with Gasteiger partial charge in [-0.15, -0.1) is 6.58 Å². The van der Waals surface area contributed by atoms with Crippen LogP contribution in [0, 0.1) is 6.92 Å². The fourth-order valence-corrected chi connectivity index (χ4v) is 1.25. The van der Waals surface area contributed by atoms with Crippen LogP contribution in [0.4, 0.5) is 5.69 Å². The Kier molecular flexibility index (Phi) is 5.29. The van der Waals surface area contributed by atoms with Crippen LogP contribution < -0.4 is 10.6 Å². The average Bonchev–Trinajstić information content (AvgIpc) is 2.28. The fourth-order valence-electron chi connectivity index (χ4n) is 1.25. The molecule has 0 aliphatic rings. The lowest BCUT2D eigenvalue weighted by atomic mass is 10.2. The zero-order valence-corrected chi connectivity index (χ0v) is 9.62. The molecule has 0 aliphatic carbocycles. The van der Waals surface area contributed by atoms with E-state index in [1.807, 2.05) is 37.3 Å². The molecule has 3 nitrogen and oxygen atoms in total. The average molecular weight is 218 g/mol. The fraction of sp³-hybridized carbons (Fsp3) is 0.308. The molecule has 0 aliphatic heterocycles. The lowest BCUT2D eigenvalue weighted by molar-refractivity contribution is -0.115. The molecular weight excluding hydrogens is 200 g/mol. The summed E-state index contributed by atoms with van der Waals surface area (Å²) in [6, 6.07) is 7.75. The molecule has 1 rings (SSSR count). The maximum absolute atomic E-state index is 11.5. The van der Waals surface area contributed by atoms with Gasteiger partial charge < -0.3 is 10.6 Å². The van der Waals surface area contributed by atoms with E-state index in [0.29, 0.717) is 6.54 Å². The molecule has 0 atom stereocenters. The minimum absolute atomic E-state index is 0.0204. The largest absolute Gasteiger partial charge is 0.325 e. The molecule has 86 valence electrons. The van der Waals surface area contributed by atoms with Crippen molar-refractivity contribution in [3.05, 3.63) is 42.5 Å². The molecule has 0 fully saturated rings. The second-order valence-corrected chi connectivity index (χ2v) is 3.67. The number of hydrogen-bond acceptors (Lipinski definition) is 2. The summed E-state index contributed by atoms with van der Waals surface area (Å²) in [5.41, 5.74) is 2.02. The molecule has 0 radical (unpaired) electrons. The van der Waals surface area contributed by atoms with Gasteiger partial charge in [0.25, 0.3) is 0 Å². The van der Waals surface area contributed by atoms with Crippen LogP contribution in [-0.4, -0.2) is 19.0 Å². The number of rotatable bonds is 6. The van der Waals surface area contributed by atoms with Crippen molar-refractivity contribution in [2.75, 3.05) is 18.4 Å². The molecule has 0 heterocycles. The number of carbonyl (C=O) groups excluding carboxylic acids is 1. The number of nitrogens with one attached hydrogen (secondary N) is 2. The van der Waals surface area contributed by atoms with Crippen molar-refractivity contribution < 1.29 is 4.79 Å². The summed E-state index contributed by atoms with van der Waals surface area (Å²) in [6.45, 7) is 6.75. The lowest BCUT2D eigenvalue weighted by Crippen LogP contribution is -2.28. The highest BCUT2D eigenvalue weighted by molar-refractivity contribution is 5.92. The smallest absolute Gasteiger partial charge is 0.238 e. The number of benzene rings is 1. The first-order valence-corrected chi connectivity index (χ1v) is 5.40. The maximum atomic E-state index is 11.5. The van der Waals surface area contributed by atoms with Crippen LogP contribution in [0.2, 0.25) is 0 Å². The molecule has 0 spiro atoms. The van der Waals surface area contributed by atoms with Crippen molar-refractivity contribution in [3.63, 3.8) is 0 Å². The first-order chi connectivity index (χ1) is 7.72. The van der Waals surface area contributed by atoms with Gasteiger partial charge in [-0.05, 0) is 32.0 Å². The van der Waals surface area contributed by atoms with Gasteiger partial charge in [-0.1, -0.05) is 23.8 Å². The van der Waals surface area contributed by atoms with Crippen molar-refractivity contribution in [1.29, 1.82) is 0 Å². The summed E-state index contributed by atoms with van der Waals surface area (Å²) in [5.74, 6) is -0.0204. The van der Waals surface area contributed by atoms with Crippen LogP contribution in [0.5, 0.6) is 0 Å². The number of amides is 1. The van der Waals surface area contributed by atoms with E-state index in [0.717, 1.165) is 18.7 Å². The summed E-state index contributed by atoms with van der Waals surface area (Å²) in [4.78, 5) is 11.5. The first kappa shape index (κ1) is 12.5. The van der Waals surface area contributed by atoms with E-state index in [2.05, 4.69) is 17.2 Å². The molecule has 1 amide bonds. The third-order valence-corrected chi connectivity index (χ3v) is 2.15. The molecule has 2 N–H and O–H groups in total. The van der Waals surface area contributed by atoms with Crippen LogP contribution >= 0.6 is 0 Å². The van der Waals surface area contributed by atoms with E-state index in [-0.39, 0.29) is 5.91 Å². The summed E-state index contributed by atoms with van der Waals surface area (Å²) in [6.07, 6.45) is 2.70. The van der Waals surface area contributed by atoms with Gasteiger partial charge >= 0.3 is 0 Å². The molecule has 1 aromatic rings. The van der Waals surface area contributed by atoms with Crippen molar-refractivity contribution in [1.82, 2.24) is 5.32 Å². The van der Waals surface area contributed by atoms with Gasteiger partial charge in [0.2, 0.25) is 5.91 Å². The maximum Gasteiger partial charge on any atom is 0.238 e. The SMILES string of the molecule is C=CCCNCC(=O)Nc1ccc(C)cc1. The zero-order chi connectivity index (χ0) is 11.8. The third kappa shape index (κ3) is 4.75. The Hall–Kier alpha value is -1.61. The first-order valence-electron chi connectivity index (χ1n) is 5.40. The van der Waals surface area contributed by atoms with E-state index >= 15 is 0 Å². The molecule has 0 unspecified atom stereocenters. The summed E-state index contributed by atoms with van der Waals surface area (Å²) in [5, 5.41) is 5.85. The number of hydrogen-bond donors (Lipinski definition) is 2. The molecule has 0 bridgehead atoms. The van der Waals surface area contributed by atoms with Crippen LogP contribution in [0.1, 0.15) is 12.0 Å². The van der Waals surface area contributed by atoms with Gasteiger partial charge in [0.05, 0.1) is 6.54 Å². The molecule has 1 aromatic carbocycles. The number of carbonyl (C=O) groups is 1. The molecule has 0 saturated heterocycles. The van der Waals surface area contributed by atoms with Crippen molar-refractivity contribution >= 4 is 11.6 Å². The van der Waals surface area contributed by atoms with E-state index in [4.69, 9.17) is 0 Å². The number of anilines is 1. The summed E-state index contributed by atoms with van der Waals surface area (Å²) >= 11 is 0. The Morgan fingerprint density at radius 3 is 2.69 bits per heavy atom. The number of aryl methyl sites for hydroxylation is 1. The predicted molar refractivity (Wildman–Crippen MR) is 67.5 cm³/mol. The Morgan fingerprint density at radius 2 is 2.06 bits per heavy atom. The van der Waals surface area contributed by atoms with Crippen molar-refractivity contribution in [2.24, 2.45) is 0 Å². The third-order valence-electron chi connectivity index (χ3n) is 2.15. The molecular formula is C13H18N2O. The van der Waals surface area contributed by atoms with Gasteiger partial charge in [-0.25, -0.2) is 0 Å². The minimum Gasteiger partial charge on any atom is -0.325 e. The summed E-state index contributed by atoms with van der Waals surface area (Å²) < 4.78 is 0. The second kappa shape index (κ2) is 6.80. The summed E-state index contributed by atoms with van der Waals surface area (Å²) in [7, 11) is 0. The topological polar surface area (TPSA) is 41.1 Å². The van der Waals surface area contributed by atoms with Crippen LogP contribution in [0.25, 0.3) is 0 Å². The quantitative estimate of drug-likeness (QED) is 0.567. The van der Waals surface area contributed by atoms with E-state index in [1.165, 1.54) is 5.56 Å². The van der Waals surface area contributed by atoms with E-state index < -0.39 is 0 Å². The zero-order valence-electron chi connectivity index (χ0n) is 9.62. The Balaban J connectivity index is 2.28. The molecule has 0 saturated carbocycles. The van der Waals surface area contributed by atoms with Gasteiger partial charge in [-0.2, -0.15) is 0 Å². The van der Waals surface area contributed by atoms with Crippen molar-refractivity contribution in [3.8, 4) is 0 Å². The van der Waals surface area contributed by atoms with Crippen LogP contribution in [0.15, 0.2) is 36.9 Å². The monoisotopic (exact) mass is 218 g/mol.